The standard InChI is InChI=1S/C20H20N2O5S2/c1-27-17-9-11-19(12-10-17)29(25,26)22-15-20(16-6-5-13-21-14-16)28(23,24)18-7-3-2-4-8-18/h2-14,20,22H,15H2,1H3/t20-/m1/s1. The van der Waals surface area contributed by atoms with Crippen molar-refractivity contribution in [2.75, 3.05) is 13.7 Å². The average molecular weight is 433 g/mol. The Balaban J connectivity index is 1.92. The third-order valence-electron chi connectivity index (χ3n) is 4.33. The summed E-state index contributed by atoms with van der Waals surface area (Å²) in [5, 5.41) is -1.13. The van der Waals surface area contributed by atoms with Gasteiger partial charge in [-0.15, -0.1) is 0 Å². The molecule has 0 aliphatic rings. The predicted octanol–water partition coefficient (Wildman–Crippen LogP) is 2.58. The molecule has 0 fully saturated rings. The van der Waals surface area contributed by atoms with E-state index in [1.165, 1.54) is 55.9 Å². The van der Waals surface area contributed by atoms with Crippen LogP contribution in [-0.2, 0) is 19.9 Å². The van der Waals surface area contributed by atoms with Crippen LogP contribution in [0.1, 0.15) is 10.8 Å². The Hall–Kier alpha value is -2.75. The van der Waals surface area contributed by atoms with Gasteiger partial charge in [0.05, 0.1) is 16.9 Å². The van der Waals surface area contributed by atoms with E-state index in [2.05, 4.69) is 9.71 Å². The lowest BCUT2D eigenvalue weighted by Gasteiger charge is -2.19. The minimum Gasteiger partial charge on any atom is -0.497 e. The number of hydrogen-bond donors (Lipinski definition) is 1. The summed E-state index contributed by atoms with van der Waals surface area (Å²) in [6, 6.07) is 17.0. The highest BCUT2D eigenvalue weighted by atomic mass is 32.2. The summed E-state index contributed by atoms with van der Waals surface area (Å²) in [6.45, 7) is -0.336. The second-order valence-corrected chi connectivity index (χ2v) is 10.1. The Labute approximate surface area is 170 Å². The zero-order valence-corrected chi connectivity index (χ0v) is 17.2. The van der Waals surface area contributed by atoms with E-state index in [1.54, 1.807) is 30.3 Å². The number of nitrogens with zero attached hydrogens (tertiary/aromatic N) is 1. The fourth-order valence-corrected chi connectivity index (χ4v) is 5.59. The van der Waals surface area contributed by atoms with E-state index < -0.39 is 25.1 Å². The second kappa shape index (κ2) is 8.73. The maximum Gasteiger partial charge on any atom is 0.240 e. The number of hydrogen-bond acceptors (Lipinski definition) is 6. The molecule has 9 heteroatoms. The molecule has 3 aromatic rings. The van der Waals surface area contributed by atoms with Crippen molar-refractivity contribution in [2.24, 2.45) is 0 Å². The summed E-state index contributed by atoms with van der Waals surface area (Å²) >= 11 is 0. The molecule has 1 N–H and O–H groups in total. The van der Waals surface area contributed by atoms with Gasteiger partial charge in [-0.3, -0.25) is 4.98 Å². The zero-order chi connectivity index (χ0) is 20.9. The quantitative estimate of drug-likeness (QED) is 0.587. The molecule has 0 bridgehead atoms. The number of pyridine rings is 1. The molecule has 1 aromatic heterocycles. The topological polar surface area (TPSA) is 102 Å². The molecular formula is C20H20N2O5S2. The van der Waals surface area contributed by atoms with Crippen molar-refractivity contribution < 1.29 is 21.6 Å². The number of methoxy groups -OCH3 is 1. The van der Waals surface area contributed by atoms with Crippen molar-refractivity contribution in [3.63, 3.8) is 0 Å². The van der Waals surface area contributed by atoms with Gasteiger partial charge in [-0.2, -0.15) is 0 Å². The smallest absolute Gasteiger partial charge is 0.240 e. The van der Waals surface area contributed by atoms with Crippen LogP contribution in [0.2, 0.25) is 0 Å². The van der Waals surface area contributed by atoms with Crippen molar-refractivity contribution in [2.45, 2.75) is 15.0 Å². The summed E-state index contributed by atoms with van der Waals surface area (Å²) in [5.41, 5.74) is 0.397. The first-order valence-electron chi connectivity index (χ1n) is 8.67. The van der Waals surface area contributed by atoms with Gasteiger partial charge in [-0.25, -0.2) is 21.6 Å². The number of aromatic nitrogens is 1. The first kappa shape index (κ1) is 21.0. The van der Waals surface area contributed by atoms with Gasteiger partial charge in [0.25, 0.3) is 0 Å². The molecule has 0 aliphatic carbocycles. The molecule has 152 valence electrons. The molecule has 0 amide bonds. The van der Waals surface area contributed by atoms with Crippen molar-refractivity contribution in [1.29, 1.82) is 0 Å². The van der Waals surface area contributed by atoms with Crippen molar-refractivity contribution in [3.05, 3.63) is 84.7 Å². The van der Waals surface area contributed by atoms with Crippen LogP contribution in [0.4, 0.5) is 0 Å². The molecule has 1 atom stereocenters. The fourth-order valence-electron chi connectivity index (χ4n) is 2.77. The monoisotopic (exact) mass is 432 g/mol. The van der Waals surface area contributed by atoms with Gasteiger partial charge in [0.2, 0.25) is 10.0 Å². The van der Waals surface area contributed by atoms with Gasteiger partial charge >= 0.3 is 0 Å². The molecule has 0 unspecified atom stereocenters. The number of nitrogens with one attached hydrogen (secondary N) is 1. The predicted molar refractivity (Wildman–Crippen MR) is 109 cm³/mol. The Morgan fingerprint density at radius 2 is 1.59 bits per heavy atom. The maximum absolute atomic E-state index is 13.2. The summed E-state index contributed by atoms with van der Waals surface area (Å²) in [5.74, 6) is 0.517. The van der Waals surface area contributed by atoms with Crippen LogP contribution in [0, 0.1) is 0 Å². The molecule has 0 aliphatic heterocycles. The number of sulfonamides is 1. The SMILES string of the molecule is COc1ccc(S(=O)(=O)NC[C@H](c2cccnc2)S(=O)(=O)c2ccccc2)cc1. The van der Waals surface area contributed by atoms with Gasteiger partial charge in [0.1, 0.15) is 11.0 Å². The van der Waals surface area contributed by atoms with Gasteiger partial charge in [-0.1, -0.05) is 24.3 Å². The fraction of sp³-hybridized carbons (Fsp3) is 0.150. The Kier molecular flexibility index (Phi) is 6.31. The Morgan fingerprint density at radius 3 is 2.17 bits per heavy atom. The van der Waals surface area contributed by atoms with Crippen LogP contribution in [0.3, 0.4) is 0 Å². The first-order valence-corrected chi connectivity index (χ1v) is 11.7. The van der Waals surface area contributed by atoms with Crippen LogP contribution in [-0.4, -0.2) is 35.5 Å². The maximum atomic E-state index is 13.2. The van der Waals surface area contributed by atoms with Crippen LogP contribution < -0.4 is 9.46 Å². The van der Waals surface area contributed by atoms with Crippen LogP contribution in [0.5, 0.6) is 5.75 Å². The first-order chi connectivity index (χ1) is 13.8. The third kappa shape index (κ3) is 4.81. The highest BCUT2D eigenvalue weighted by Crippen LogP contribution is 2.28. The second-order valence-electron chi connectivity index (χ2n) is 6.16. The highest BCUT2D eigenvalue weighted by molar-refractivity contribution is 7.92. The zero-order valence-electron chi connectivity index (χ0n) is 15.6. The molecule has 0 radical (unpaired) electrons. The van der Waals surface area contributed by atoms with E-state index in [-0.39, 0.29) is 16.3 Å². The number of rotatable bonds is 8. The molecule has 29 heavy (non-hydrogen) atoms. The average Bonchev–Trinajstić information content (AvgIpc) is 2.75. The largest absolute Gasteiger partial charge is 0.497 e. The van der Waals surface area contributed by atoms with Gasteiger partial charge in [0, 0.05) is 18.9 Å². The molecule has 0 spiro atoms. The van der Waals surface area contributed by atoms with E-state index in [9.17, 15) is 16.8 Å². The van der Waals surface area contributed by atoms with E-state index in [4.69, 9.17) is 4.74 Å². The van der Waals surface area contributed by atoms with Gasteiger partial charge in [-0.05, 0) is 48.0 Å². The van der Waals surface area contributed by atoms with E-state index in [0.717, 1.165) is 0 Å². The van der Waals surface area contributed by atoms with E-state index in [1.807, 2.05) is 0 Å². The molecular weight excluding hydrogens is 412 g/mol. The molecule has 1 heterocycles. The van der Waals surface area contributed by atoms with Gasteiger partial charge < -0.3 is 4.74 Å². The van der Waals surface area contributed by atoms with E-state index >= 15 is 0 Å². The molecule has 2 aromatic carbocycles. The van der Waals surface area contributed by atoms with Gasteiger partial charge in [0.15, 0.2) is 9.84 Å². The summed E-state index contributed by atoms with van der Waals surface area (Å²) in [6.07, 6.45) is 2.95. The molecule has 3 rings (SSSR count). The van der Waals surface area contributed by atoms with Crippen molar-refractivity contribution >= 4 is 19.9 Å². The lowest BCUT2D eigenvalue weighted by Crippen LogP contribution is -2.32. The highest BCUT2D eigenvalue weighted by Gasteiger charge is 2.31. The van der Waals surface area contributed by atoms with Crippen LogP contribution in [0.15, 0.2) is 88.9 Å². The number of sulfone groups is 1. The van der Waals surface area contributed by atoms with Crippen LogP contribution >= 0.6 is 0 Å². The molecule has 7 nitrogen and oxygen atoms in total. The Bertz CT molecular complexity index is 1150. The van der Waals surface area contributed by atoms with Crippen LogP contribution in [0.25, 0.3) is 0 Å². The molecule has 0 saturated carbocycles. The lowest BCUT2D eigenvalue weighted by molar-refractivity contribution is 0.414. The Morgan fingerprint density at radius 1 is 0.897 bits per heavy atom. The summed E-state index contributed by atoms with van der Waals surface area (Å²) in [7, 11) is -6.30. The normalized spacial score (nSPS) is 13.0. The van der Waals surface area contributed by atoms with E-state index in [0.29, 0.717) is 11.3 Å². The third-order valence-corrected chi connectivity index (χ3v) is 7.89. The molecule has 0 saturated heterocycles. The lowest BCUT2D eigenvalue weighted by atomic mass is 10.2. The van der Waals surface area contributed by atoms with Crippen molar-refractivity contribution in [3.8, 4) is 5.75 Å². The van der Waals surface area contributed by atoms with Crippen molar-refractivity contribution in [1.82, 2.24) is 9.71 Å². The number of ether oxygens (including phenoxy) is 1. The number of benzene rings is 2. The summed E-state index contributed by atoms with van der Waals surface area (Å²) in [4.78, 5) is 4.10. The minimum atomic E-state index is -3.92. The minimum absolute atomic E-state index is 0.0142. The summed E-state index contributed by atoms with van der Waals surface area (Å²) < 4.78 is 59.2.